The summed E-state index contributed by atoms with van der Waals surface area (Å²) in [5.41, 5.74) is 0.901. The van der Waals surface area contributed by atoms with E-state index in [1.165, 1.54) is 0 Å². The van der Waals surface area contributed by atoms with Gasteiger partial charge in [0.1, 0.15) is 5.65 Å². The van der Waals surface area contributed by atoms with E-state index in [0.29, 0.717) is 0 Å². The third-order valence-electron chi connectivity index (χ3n) is 2.05. The first-order valence-corrected chi connectivity index (χ1v) is 4.24. The van der Waals surface area contributed by atoms with Gasteiger partial charge in [0, 0.05) is 6.20 Å². The van der Waals surface area contributed by atoms with Gasteiger partial charge < -0.3 is 0 Å². The molecular formula is C9H7N5. The van der Waals surface area contributed by atoms with Crippen LogP contribution in [-0.4, -0.2) is 24.4 Å². The number of imidazole rings is 1. The molecule has 0 spiro atoms. The Balaban J connectivity index is 2.33. The highest BCUT2D eigenvalue weighted by Gasteiger charge is 2.03. The molecule has 0 fully saturated rings. The number of hydrogen-bond donors (Lipinski definition) is 0. The molecule has 0 N–H and O–H groups in total. The Kier molecular flexibility index (Phi) is 1.38. The van der Waals surface area contributed by atoms with E-state index in [1.54, 1.807) is 23.3 Å². The van der Waals surface area contributed by atoms with Crippen LogP contribution in [-0.2, 0) is 0 Å². The maximum Gasteiger partial charge on any atom is 0.160 e. The third kappa shape index (κ3) is 0.922. The zero-order valence-electron chi connectivity index (χ0n) is 7.28. The quantitative estimate of drug-likeness (QED) is 0.566. The highest BCUT2D eigenvalue weighted by Crippen LogP contribution is 2.08. The molecule has 0 bridgehead atoms. The van der Waals surface area contributed by atoms with Crippen LogP contribution in [0.2, 0.25) is 0 Å². The van der Waals surface area contributed by atoms with Gasteiger partial charge in [-0.15, -0.1) is 5.10 Å². The molecule has 3 rings (SSSR count). The molecule has 0 aliphatic carbocycles. The zero-order valence-corrected chi connectivity index (χ0v) is 7.28. The van der Waals surface area contributed by atoms with E-state index in [2.05, 4.69) is 15.3 Å². The van der Waals surface area contributed by atoms with Gasteiger partial charge in [-0.05, 0) is 12.1 Å². The minimum Gasteiger partial charge on any atom is -0.285 e. The van der Waals surface area contributed by atoms with Gasteiger partial charge in [0.05, 0.1) is 18.6 Å². The van der Waals surface area contributed by atoms with Gasteiger partial charge >= 0.3 is 0 Å². The largest absolute Gasteiger partial charge is 0.285 e. The Morgan fingerprint density at radius 3 is 3.00 bits per heavy atom. The predicted octanol–water partition coefficient (Wildman–Crippen LogP) is 0.915. The van der Waals surface area contributed by atoms with E-state index in [1.807, 2.05) is 28.8 Å². The molecule has 5 heteroatoms. The third-order valence-corrected chi connectivity index (χ3v) is 2.05. The summed E-state index contributed by atoms with van der Waals surface area (Å²) in [6.07, 6.45) is 7.14. The second-order valence-electron chi connectivity index (χ2n) is 2.89. The highest BCUT2D eigenvalue weighted by molar-refractivity contribution is 5.44. The van der Waals surface area contributed by atoms with Gasteiger partial charge in [-0.3, -0.25) is 4.40 Å². The van der Waals surface area contributed by atoms with E-state index in [4.69, 9.17) is 0 Å². The Morgan fingerprint density at radius 2 is 2.14 bits per heavy atom. The molecule has 3 heterocycles. The second-order valence-corrected chi connectivity index (χ2v) is 2.89. The molecule has 3 aromatic rings. The van der Waals surface area contributed by atoms with Crippen molar-refractivity contribution in [3.8, 4) is 5.82 Å². The molecule has 0 saturated heterocycles. The molecule has 3 aromatic heterocycles. The molecule has 5 nitrogen and oxygen atoms in total. The summed E-state index contributed by atoms with van der Waals surface area (Å²) in [7, 11) is 0. The Morgan fingerprint density at radius 1 is 1.14 bits per heavy atom. The molecule has 0 aliphatic heterocycles. The van der Waals surface area contributed by atoms with Crippen LogP contribution in [0.4, 0.5) is 0 Å². The lowest BCUT2D eigenvalue weighted by Gasteiger charge is -1.98. The van der Waals surface area contributed by atoms with Crippen molar-refractivity contribution < 1.29 is 0 Å². The summed E-state index contributed by atoms with van der Waals surface area (Å²) in [6, 6.07) is 5.85. The van der Waals surface area contributed by atoms with Crippen LogP contribution >= 0.6 is 0 Å². The molecular weight excluding hydrogens is 178 g/mol. The van der Waals surface area contributed by atoms with Gasteiger partial charge in [0.2, 0.25) is 0 Å². The molecule has 0 aromatic carbocycles. The van der Waals surface area contributed by atoms with Crippen molar-refractivity contribution in [3.63, 3.8) is 0 Å². The number of aromatic nitrogens is 5. The summed E-state index contributed by atoms with van der Waals surface area (Å²) in [6.45, 7) is 0. The van der Waals surface area contributed by atoms with Gasteiger partial charge in [0.15, 0.2) is 5.82 Å². The first-order chi connectivity index (χ1) is 6.95. The number of rotatable bonds is 1. The van der Waals surface area contributed by atoms with Crippen LogP contribution in [0.5, 0.6) is 0 Å². The average Bonchev–Trinajstić information content (AvgIpc) is 2.85. The van der Waals surface area contributed by atoms with Crippen molar-refractivity contribution in [2.45, 2.75) is 0 Å². The Labute approximate surface area is 79.6 Å². The maximum atomic E-state index is 4.25. The lowest BCUT2D eigenvalue weighted by molar-refractivity contribution is 0.774. The fourth-order valence-corrected chi connectivity index (χ4v) is 1.42. The summed E-state index contributed by atoms with van der Waals surface area (Å²) in [5, 5.41) is 7.67. The van der Waals surface area contributed by atoms with Crippen molar-refractivity contribution in [1.82, 2.24) is 24.4 Å². The van der Waals surface area contributed by atoms with E-state index in [-0.39, 0.29) is 0 Å². The second kappa shape index (κ2) is 2.66. The van der Waals surface area contributed by atoms with Crippen LogP contribution < -0.4 is 0 Å². The van der Waals surface area contributed by atoms with Crippen LogP contribution in [0.15, 0.2) is 43.0 Å². The van der Waals surface area contributed by atoms with Gasteiger partial charge in [-0.2, -0.15) is 0 Å². The first kappa shape index (κ1) is 7.25. The van der Waals surface area contributed by atoms with Crippen molar-refractivity contribution in [2.75, 3.05) is 0 Å². The number of hydrogen-bond acceptors (Lipinski definition) is 3. The maximum absolute atomic E-state index is 4.25. The molecule has 0 unspecified atom stereocenters. The van der Waals surface area contributed by atoms with E-state index >= 15 is 0 Å². The normalized spacial score (nSPS) is 10.9. The standard InChI is InChI=1S/C9H7N5/c1-2-5-13-8(3-1)10-7-9(13)14-6-4-11-12-14/h1-7H. The molecule has 14 heavy (non-hydrogen) atoms. The molecule has 0 amide bonds. The summed E-state index contributed by atoms with van der Waals surface area (Å²) in [5.74, 6) is 0.887. The zero-order chi connectivity index (χ0) is 9.38. The van der Waals surface area contributed by atoms with Crippen LogP contribution in [0.3, 0.4) is 0 Å². The lowest BCUT2D eigenvalue weighted by Crippen LogP contribution is -1.99. The average molecular weight is 185 g/mol. The Bertz CT molecular complexity index is 551. The first-order valence-electron chi connectivity index (χ1n) is 4.24. The summed E-state index contributed by atoms with van der Waals surface area (Å²) < 4.78 is 3.63. The van der Waals surface area contributed by atoms with Gasteiger partial charge in [-0.1, -0.05) is 11.3 Å². The predicted molar refractivity (Wildman–Crippen MR) is 50.1 cm³/mol. The van der Waals surface area contributed by atoms with Crippen LogP contribution in [0, 0.1) is 0 Å². The Hall–Kier alpha value is -2.17. The summed E-state index contributed by atoms with van der Waals surface area (Å²) >= 11 is 0. The smallest absolute Gasteiger partial charge is 0.160 e. The van der Waals surface area contributed by atoms with Gasteiger partial charge in [-0.25, -0.2) is 9.67 Å². The molecule has 68 valence electrons. The van der Waals surface area contributed by atoms with Crippen LogP contribution in [0.1, 0.15) is 0 Å². The topological polar surface area (TPSA) is 48.0 Å². The molecule has 0 radical (unpaired) electrons. The SMILES string of the molecule is c1ccn2c(-n3ccnn3)cnc2c1. The van der Waals surface area contributed by atoms with E-state index < -0.39 is 0 Å². The highest BCUT2D eigenvalue weighted by atomic mass is 15.4. The fourth-order valence-electron chi connectivity index (χ4n) is 1.42. The molecule has 0 atom stereocenters. The number of nitrogens with zero attached hydrogens (tertiary/aromatic N) is 5. The number of pyridine rings is 1. The van der Waals surface area contributed by atoms with Gasteiger partial charge in [0.25, 0.3) is 0 Å². The van der Waals surface area contributed by atoms with E-state index in [0.717, 1.165) is 11.5 Å². The van der Waals surface area contributed by atoms with Crippen LogP contribution in [0.25, 0.3) is 11.5 Å². The summed E-state index contributed by atoms with van der Waals surface area (Å²) in [4.78, 5) is 4.25. The number of fused-ring (bicyclic) bond motifs is 1. The lowest BCUT2D eigenvalue weighted by atomic mass is 10.5. The van der Waals surface area contributed by atoms with Crippen molar-refractivity contribution in [3.05, 3.63) is 43.0 Å². The minimum absolute atomic E-state index is 0.887. The monoisotopic (exact) mass is 185 g/mol. The van der Waals surface area contributed by atoms with Crippen molar-refractivity contribution in [2.24, 2.45) is 0 Å². The fraction of sp³-hybridized carbons (Fsp3) is 0. The minimum atomic E-state index is 0.887. The molecule has 0 aliphatic rings. The molecule has 0 saturated carbocycles. The van der Waals surface area contributed by atoms with Crippen molar-refractivity contribution >= 4 is 5.65 Å². The van der Waals surface area contributed by atoms with E-state index in [9.17, 15) is 0 Å². The van der Waals surface area contributed by atoms with Crippen molar-refractivity contribution in [1.29, 1.82) is 0 Å².